The van der Waals surface area contributed by atoms with Crippen molar-refractivity contribution in [2.75, 3.05) is 32.7 Å². The summed E-state index contributed by atoms with van der Waals surface area (Å²) in [6.45, 7) is 2.57. The van der Waals surface area contributed by atoms with Crippen LogP contribution in [0.5, 0.6) is 0 Å². The minimum Gasteiger partial charge on any atom is -0.385 e. The van der Waals surface area contributed by atoms with Crippen LogP contribution in [0.3, 0.4) is 0 Å². The van der Waals surface area contributed by atoms with E-state index in [1.54, 1.807) is 7.11 Å². The normalized spacial score (nSPS) is 10.5. The third kappa shape index (κ3) is 10.3. The van der Waals surface area contributed by atoms with Crippen LogP contribution in [0.15, 0.2) is 0 Å². The van der Waals surface area contributed by atoms with Gasteiger partial charge in [-0.05, 0) is 25.7 Å². The molecule has 0 spiro atoms. The third-order valence-electron chi connectivity index (χ3n) is 1.57. The molecule has 12 heavy (non-hydrogen) atoms. The summed E-state index contributed by atoms with van der Waals surface area (Å²) in [5.74, 6) is 0.854. The molecule has 0 rings (SSSR count). The van der Waals surface area contributed by atoms with Crippen LogP contribution in [0, 0.1) is 0 Å². The Hall–Kier alpha value is 0.270. The number of ether oxygens (including phenoxy) is 2. The molecule has 0 bridgehead atoms. The Morgan fingerprint density at radius 3 is 2.08 bits per heavy atom. The van der Waals surface area contributed by atoms with E-state index in [4.69, 9.17) is 22.1 Å². The molecule has 0 fully saturated rings. The summed E-state index contributed by atoms with van der Waals surface area (Å²) >= 11 is 4.82. The number of methoxy groups -OCH3 is 1. The fourth-order valence-corrected chi connectivity index (χ4v) is 1.06. The van der Waals surface area contributed by atoms with E-state index >= 15 is 0 Å². The lowest BCUT2D eigenvalue weighted by Crippen LogP contribution is -1.99. The van der Waals surface area contributed by atoms with Crippen LogP contribution in [0.1, 0.15) is 25.7 Å². The van der Waals surface area contributed by atoms with Crippen molar-refractivity contribution in [1.82, 2.24) is 0 Å². The molecule has 1 radical (unpaired) electrons. The van der Waals surface area contributed by atoms with Crippen LogP contribution in [0.25, 0.3) is 0 Å². The second-order valence-electron chi connectivity index (χ2n) is 2.72. The predicted molar refractivity (Wildman–Crippen MR) is 53.6 cm³/mol. The summed E-state index contributed by atoms with van der Waals surface area (Å²) in [4.78, 5) is 0. The molecule has 0 saturated carbocycles. The van der Waals surface area contributed by atoms with Gasteiger partial charge in [-0.1, -0.05) is 12.6 Å². The number of hydrogen-bond donors (Lipinski definition) is 0. The highest BCUT2D eigenvalue weighted by Gasteiger charge is 1.89. The molecular weight excluding hydrogens is 172 g/mol. The quantitative estimate of drug-likeness (QED) is 0.521. The van der Waals surface area contributed by atoms with Crippen molar-refractivity contribution in [1.29, 1.82) is 0 Å². The monoisotopic (exact) mass is 191 g/mol. The minimum absolute atomic E-state index is 0.843. The van der Waals surface area contributed by atoms with Gasteiger partial charge in [0.2, 0.25) is 0 Å². The average Bonchev–Trinajstić information content (AvgIpc) is 2.10. The molecule has 0 aliphatic carbocycles. The van der Waals surface area contributed by atoms with Gasteiger partial charge >= 0.3 is 0 Å². The predicted octanol–water partition coefficient (Wildman–Crippen LogP) is 2.41. The van der Waals surface area contributed by atoms with Crippen LogP contribution >= 0.6 is 12.6 Å². The summed E-state index contributed by atoms with van der Waals surface area (Å²) < 4.78 is 10.3. The fourth-order valence-electron chi connectivity index (χ4n) is 0.859. The molecule has 0 N–H and O–H groups in total. The Bertz CT molecular complexity index is 68.9. The van der Waals surface area contributed by atoms with Gasteiger partial charge in [-0.2, -0.15) is 0 Å². The van der Waals surface area contributed by atoms with E-state index in [2.05, 4.69) is 0 Å². The lowest BCUT2D eigenvalue weighted by Gasteiger charge is -2.02. The molecule has 0 amide bonds. The maximum Gasteiger partial charge on any atom is 0.0466 e. The van der Waals surface area contributed by atoms with Crippen molar-refractivity contribution in [3.05, 3.63) is 0 Å². The fraction of sp³-hybridized carbons (Fsp3) is 1.00. The highest BCUT2D eigenvalue weighted by molar-refractivity contribution is 7.80. The molecule has 0 saturated heterocycles. The van der Waals surface area contributed by atoms with Gasteiger partial charge in [0, 0.05) is 32.7 Å². The van der Waals surface area contributed by atoms with Gasteiger partial charge in [0.25, 0.3) is 0 Å². The first-order chi connectivity index (χ1) is 5.91. The second kappa shape index (κ2) is 11.3. The summed E-state index contributed by atoms with van der Waals surface area (Å²) in [5, 5.41) is 0. The van der Waals surface area contributed by atoms with Crippen molar-refractivity contribution < 1.29 is 9.47 Å². The smallest absolute Gasteiger partial charge is 0.0466 e. The van der Waals surface area contributed by atoms with Crippen LogP contribution in [0.2, 0.25) is 0 Å². The zero-order valence-electron chi connectivity index (χ0n) is 7.88. The van der Waals surface area contributed by atoms with E-state index in [1.807, 2.05) is 0 Å². The van der Waals surface area contributed by atoms with Crippen molar-refractivity contribution in [2.24, 2.45) is 0 Å². The number of unbranched alkanes of at least 4 members (excludes halogenated alkanes) is 2. The van der Waals surface area contributed by atoms with E-state index in [0.717, 1.165) is 51.3 Å². The summed E-state index contributed by atoms with van der Waals surface area (Å²) in [5.41, 5.74) is 0. The molecule has 2 nitrogen and oxygen atoms in total. The molecule has 73 valence electrons. The lowest BCUT2D eigenvalue weighted by atomic mass is 10.3. The largest absolute Gasteiger partial charge is 0.385 e. The Balaban J connectivity index is 2.73. The summed E-state index contributed by atoms with van der Waals surface area (Å²) in [7, 11) is 1.73. The van der Waals surface area contributed by atoms with E-state index in [-0.39, 0.29) is 0 Å². The molecular formula is C9H19O2S. The van der Waals surface area contributed by atoms with Crippen molar-refractivity contribution in [3.63, 3.8) is 0 Å². The van der Waals surface area contributed by atoms with E-state index in [0.29, 0.717) is 0 Å². The van der Waals surface area contributed by atoms with Gasteiger partial charge in [0.1, 0.15) is 0 Å². The van der Waals surface area contributed by atoms with Gasteiger partial charge in [-0.15, -0.1) is 0 Å². The first-order valence-electron chi connectivity index (χ1n) is 4.56. The Labute approximate surface area is 81.0 Å². The number of hydrogen-bond acceptors (Lipinski definition) is 2. The molecule has 3 heteroatoms. The van der Waals surface area contributed by atoms with Gasteiger partial charge in [-0.3, -0.25) is 0 Å². The van der Waals surface area contributed by atoms with Gasteiger partial charge in [0.15, 0.2) is 0 Å². The van der Waals surface area contributed by atoms with Crippen molar-refractivity contribution >= 4 is 12.6 Å². The zero-order valence-corrected chi connectivity index (χ0v) is 8.70. The van der Waals surface area contributed by atoms with Crippen molar-refractivity contribution in [3.8, 4) is 0 Å². The van der Waals surface area contributed by atoms with Crippen LogP contribution < -0.4 is 0 Å². The molecule has 0 aromatic rings. The van der Waals surface area contributed by atoms with Gasteiger partial charge in [-0.25, -0.2) is 0 Å². The first-order valence-corrected chi connectivity index (χ1v) is 5.14. The molecule has 0 unspecified atom stereocenters. The maximum atomic E-state index is 5.38. The summed E-state index contributed by atoms with van der Waals surface area (Å²) in [6, 6.07) is 0. The Morgan fingerprint density at radius 1 is 0.917 bits per heavy atom. The number of rotatable bonds is 9. The van der Waals surface area contributed by atoms with Gasteiger partial charge < -0.3 is 9.47 Å². The second-order valence-corrected chi connectivity index (χ2v) is 3.13. The van der Waals surface area contributed by atoms with E-state index < -0.39 is 0 Å². The van der Waals surface area contributed by atoms with E-state index in [9.17, 15) is 0 Å². The van der Waals surface area contributed by atoms with Crippen LogP contribution in [0.4, 0.5) is 0 Å². The minimum atomic E-state index is 0.843. The standard InChI is InChI=1S/C9H19O2S/c1-10-6-2-3-7-11-8-4-5-9-12/h2-9H2,1H3. The highest BCUT2D eigenvalue weighted by Crippen LogP contribution is 1.95. The van der Waals surface area contributed by atoms with E-state index in [1.165, 1.54) is 0 Å². The molecule has 0 heterocycles. The average molecular weight is 191 g/mol. The third-order valence-corrected chi connectivity index (χ3v) is 1.86. The molecule has 0 aromatic carbocycles. The molecule has 0 atom stereocenters. The summed E-state index contributed by atoms with van der Waals surface area (Å²) in [6.07, 6.45) is 4.40. The lowest BCUT2D eigenvalue weighted by molar-refractivity contribution is 0.117. The highest BCUT2D eigenvalue weighted by atomic mass is 32.1. The Kier molecular flexibility index (Phi) is 11.5. The van der Waals surface area contributed by atoms with Crippen molar-refractivity contribution in [2.45, 2.75) is 25.7 Å². The first kappa shape index (κ1) is 12.3. The van der Waals surface area contributed by atoms with Crippen LogP contribution in [-0.2, 0) is 9.47 Å². The van der Waals surface area contributed by atoms with Gasteiger partial charge in [0.05, 0.1) is 0 Å². The molecule has 0 aliphatic rings. The molecule has 0 aromatic heterocycles. The topological polar surface area (TPSA) is 18.5 Å². The zero-order chi connectivity index (χ0) is 9.07. The maximum absolute atomic E-state index is 5.38. The van der Waals surface area contributed by atoms with Crippen LogP contribution in [-0.4, -0.2) is 32.7 Å². The molecule has 0 aliphatic heterocycles. The Morgan fingerprint density at radius 2 is 1.50 bits per heavy atom. The SMILES string of the molecule is COCCCCOCCCC[S].